The van der Waals surface area contributed by atoms with Crippen molar-refractivity contribution in [2.24, 2.45) is 17.6 Å². The van der Waals surface area contributed by atoms with Gasteiger partial charge < -0.3 is 78.5 Å². The topological polar surface area (TPSA) is 406 Å². The largest absolute Gasteiger partial charge is 0.508 e. The third kappa shape index (κ3) is 19.7. The predicted molar refractivity (Wildman–Crippen MR) is 336 cm³/mol. The van der Waals surface area contributed by atoms with Crippen molar-refractivity contribution in [3.8, 4) is 5.75 Å². The first-order valence-electron chi connectivity index (χ1n) is 29.4. The molecule has 6 rings (SSSR count). The number of benzene rings is 3. The number of para-hydroxylation sites is 2. The smallest absolute Gasteiger partial charge is 0.326 e. The van der Waals surface area contributed by atoms with Crippen LogP contribution < -0.4 is 48.3 Å². The Hall–Kier alpha value is -8.63. The van der Waals surface area contributed by atoms with E-state index in [1.807, 2.05) is 42.5 Å². The minimum atomic E-state index is -1.44. The summed E-state index contributed by atoms with van der Waals surface area (Å²) >= 11 is 8.64. The highest BCUT2D eigenvalue weighted by molar-refractivity contribution is 7.80. The van der Waals surface area contributed by atoms with Gasteiger partial charge in [0.2, 0.25) is 53.2 Å². The Morgan fingerprint density at radius 3 is 1.75 bits per heavy atom. The van der Waals surface area contributed by atoms with E-state index in [0.717, 1.165) is 27.4 Å². The first-order chi connectivity index (χ1) is 42.4. The number of nitrogens with zero attached hydrogens (tertiary/aromatic N) is 1. The van der Waals surface area contributed by atoms with E-state index in [2.05, 4.69) is 77.8 Å². The van der Waals surface area contributed by atoms with Gasteiger partial charge in [-0.05, 0) is 84.9 Å². The zero-order valence-electron chi connectivity index (χ0n) is 49.9. The zero-order valence-corrected chi connectivity index (χ0v) is 51.7. The molecular weight excluding hydrogens is 1190 g/mol. The fourth-order valence-electron chi connectivity index (χ4n) is 10.4. The SMILES string of the molecule is CC[C@H](C)[C@H](NC(=O)[C@H](Cc1c[nH]c2ccccc12)NC(=O)[C@H](CS)NC(=O)[C@H](CC(C)C)NC(=O)CNC(=O)[C@H](Cc1ccc(O)cc1)NC(=O)[C@@H]1CCCN1C(=O)[C@H](CS)NC(=O)[C@H](CCC(=O)O)NC(=O)[C@@H](N)Cc1c[nH]c2ccccc12)C(=O)O. The van der Waals surface area contributed by atoms with Gasteiger partial charge in [0.05, 0.1) is 12.6 Å². The van der Waals surface area contributed by atoms with Gasteiger partial charge in [-0.2, -0.15) is 25.3 Å². The highest BCUT2D eigenvalue weighted by Crippen LogP contribution is 2.23. The van der Waals surface area contributed by atoms with Gasteiger partial charge in [-0.3, -0.25) is 47.9 Å². The maximum Gasteiger partial charge on any atom is 0.326 e. The number of carbonyl (C=O) groups is 11. The summed E-state index contributed by atoms with van der Waals surface area (Å²) in [6.45, 7) is 6.36. The van der Waals surface area contributed by atoms with Crippen LogP contribution in [0.2, 0.25) is 0 Å². The molecular formula is C61H80N12O14S2. The number of aromatic hydroxyl groups is 1. The summed E-state index contributed by atoms with van der Waals surface area (Å²) in [5.41, 5.74) is 9.73. The summed E-state index contributed by atoms with van der Waals surface area (Å²) in [6, 6.07) is 8.66. The summed E-state index contributed by atoms with van der Waals surface area (Å²) < 4.78 is 0. The number of nitrogens with two attached hydrogens (primary N) is 1. The van der Waals surface area contributed by atoms with Crippen molar-refractivity contribution >= 4 is 112 Å². The van der Waals surface area contributed by atoms with Crippen LogP contribution in [0, 0.1) is 11.8 Å². The molecule has 26 nitrogen and oxygen atoms in total. The van der Waals surface area contributed by atoms with E-state index in [1.165, 1.54) is 29.2 Å². The number of amides is 9. The first kappa shape index (κ1) is 69.5. The molecule has 0 spiro atoms. The molecule has 0 bridgehead atoms. The number of phenolic OH excluding ortho intramolecular Hbond substituents is 1. The summed E-state index contributed by atoms with van der Waals surface area (Å²) in [4.78, 5) is 157. The number of thiol groups is 2. The number of hydrogen-bond acceptors (Lipinski definition) is 15. The van der Waals surface area contributed by atoms with Gasteiger partial charge in [0, 0.05) is 71.5 Å². The van der Waals surface area contributed by atoms with Crippen molar-refractivity contribution in [1.82, 2.24) is 57.4 Å². The maximum absolute atomic E-state index is 14.3. The van der Waals surface area contributed by atoms with Gasteiger partial charge in [-0.15, -0.1) is 0 Å². The average Bonchev–Trinajstić information content (AvgIpc) is 1.97. The van der Waals surface area contributed by atoms with Crippen LogP contribution in [0.3, 0.4) is 0 Å². The van der Waals surface area contributed by atoms with Crippen LogP contribution >= 0.6 is 25.3 Å². The second-order valence-corrected chi connectivity index (χ2v) is 23.3. The lowest BCUT2D eigenvalue weighted by atomic mass is 9.98. The van der Waals surface area contributed by atoms with E-state index in [-0.39, 0.29) is 68.2 Å². The summed E-state index contributed by atoms with van der Waals surface area (Å²) in [7, 11) is 0. The Morgan fingerprint density at radius 2 is 1.17 bits per heavy atom. The Bertz CT molecular complexity index is 3340. The second-order valence-electron chi connectivity index (χ2n) is 22.6. The quantitative estimate of drug-likeness (QED) is 0.0262. The van der Waals surface area contributed by atoms with Gasteiger partial charge in [0.1, 0.15) is 54.1 Å². The van der Waals surface area contributed by atoms with Crippen molar-refractivity contribution in [1.29, 1.82) is 0 Å². The number of phenols is 1. The molecule has 10 atom stereocenters. The van der Waals surface area contributed by atoms with E-state index in [0.29, 0.717) is 24.0 Å². The number of carbonyl (C=O) groups excluding carboxylic acids is 9. The summed E-state index contributed by atoms with van der Waals surface area (Å²) in [6.07, 6.45) is 3.31. The number of likely N-dealkylation sites (tertiary alicyclic amines) is 1. The summed E-state index contributed by atoms with van der Waals surface area (Å²) in [5, 5.41) is 51.8. The monoisotopic (exact) mass is 1270 g/mol. The predicted octanol–water partition coefficient (Wildman–Crippen LogP) is 1.11. The van der Waals surface area contributed by atoms with Gasteiger partial charge in [0.15, 0.2) is 0 Å². The molecule has 1 fully saturated rings. The third-order valence-corrected chi connectivity index (χ3v) is 16.2. The van der Waals surface area contributed by atoms with Crippen molar-refractivity contribution in [2.75, 3.05) is 24.6 Å². The number of carboxylic acid groups (broad SMARTS) is 2. The van der Waals surface area contributed by atoms with E-state index >= 15 is 0 Å². The lowest BCUT2D eigenvalue weighted by molar-refractivity contribution is -0.144. The van der Waals surface area contributed by atoms with E-state index in [1.54, 1.807) is 46.2 Å². The van der Waals surface area contributed by atoms with Crippen LogP contribution in [-0.2, 0) is 72.0 Å². The molecule has 2 aromatic heterocycles. The number of rotatable bonds is 33. The minimum Gasteiger partial charge on any atom is -0.508 e. The number of carboxylic acids is 2. The van der Waals surface area contributed by atoms with Gasteiger partial charge in [-0.1, -0.05) is 82.6 Å². The molecule has 1 saturated heterocycles. The first-order valence-corrected chi connectivity index (χ1v) is 30.7. The van der Waals surface area contributed by atoms with Crippen LogP contribution in [0.4, 0.5) is 0 Å². The lowest BCUT2D eigenvalue weighted by Gasteiger charge is -2.30. The summed E-state index contributed by atoms with van der Waals surface area (Å²) in [5.74, 6) is -11.0. The molecule has 9 amide bonds. The van der Waals surface area contributed by atoms with Gasteiger partial charge in [-0.25, -0.2) is 4.79 Å². The molecule has 89 heavy (non-hydrogen) atoms. The third-order valence-electron chi connectivity index (χ3n) is 15.5. The van der Waals surface area contributed by atoms with E-state index in [9.17, 15) is 68.1 Å². The Labute approximate surface area is 525 Å². The van der Waals surface area contributed by atoms with Crippen LogP contribution in [0.15, 0.2) is 85.2 Å². The van der Waals surface area contributed by atoms with Gasteiger partial charge in [0.25, 0.3) is 0 Å². The normalized spacial score (nSPS) is 16.1. The molecule has 0 saturated carbocycles. The van der Waals surface area contributed by atoms with Crippen molar-refractivity contribution in [2.45, 2.75) is 140 Å². The number of hydrogen-bond donors (Lipinski definition) is 16. The molecule has 480 valence electrons. The zero-order chi connectivity index (χ0) is 65.1. The van der Waals surface area contributed by atoms with Crippen LogP contribution in [0.1, 0.15) is 82.9 Å². The fourth-order valence-corrected chi connectivity index (χ4v) is 10.9. The molecule has 0 aliphatic carbocycles. The maximum atomic E-state index is 14.3. The van der Waals surface area contributed by atoms with Gasteiger partial charge >= 0.3 is 11.9 Å². The number of aromatic amines is 2. The van der Waals surface area contributed by atoms with E-state index in [4.69, 9.17) is 5.73 Å². The Morgan fingerprint density at radius 1 is 0.629 bits per heavy atom. The molecule has 3 aromatic carbocycles. The standard InChI is InChI=1S/C61H80N12O14S2/c1-5-33(4)52(61(86)87)72-57(82)46(26-36-28-64-42-14-9-7-12-39(36)42)68-58(83)47(30-88)70-56(81)44(23-32(2)3)66-50(75)29-65-54(79)45(24-34-16-18-37(74)19-17-34)69-59(84)49-15-10-22-73(49)60(85)48(31-89)71-55(80)43(20-21-51(76)77)67-53(78)40(62)25-35-27-63-41-13-8-6-11-38(35)41/h6-9,11-14,16-19,27-28,32-33,40,43-49,52,63-64,74,88-89H,5,10,15,20-26,29-31,62H2,1-4H3,(H,65,79)(H,66,75)(H,67,78)(H,68,83)(H,69,84)(H,70,81)(H,71,80)(H,72,82)(H,76,77)(H,86,87)/t33-,40-,43-,44-,45-,46-,47-,48-,49-,52-/m0/s1. The Balaban J connectivity index is 1.10. The molecule has 15 N–H and O–H groups in total. The number of nitrogens with one attached hydrogen (secondary N) is 10. The van der Waals surface area contributed by atoms with E-state index < -0.39 is 138 Å². The fraction of sp³-hybridized carbons (Fsp3) is 0.459. The number of fused-ring (bicyclic) bond motifs is 2. The van der Waals surface area contributed by atoms with Crippen molar-refractivity contribution in [3.63, 3.8) is 0 Å². The van der Waals surface area contributed by atoms with Crippen LogP contribution in [0.25, 0.3) is 21.8 Å². The highest BCUT2D eigenvalue weighted by atomic mass is 32.1. The Kier molecular flexibility index (Phi) is 25.8. The van der Waals surface area contributed by atoms with Crippen LogP contribution in [-0.4, -0.2) is 174 Å². The number of aliphatic carboxylic acids is 2. The molecule has 3 heterocycles. The molecule has 1 aliphatic heterocycles. The minimum absolute atomic E-state index is 0.0510. The molecule has 5 aromatic rings. The van der Waals surface area contributed by atoms with Crippen molar-refractivity contribution in [3.05, 3.63) is 102 Å². The number of H-pyrrole nitrogens is 2. The lowest BCUT2D eigenvalue weighted by Crippen LogP contribution is -2.60. The molecule has 0 unspecified atom stereocenters. The second kappa shape index (κ2) is 33.1. The van der Waals surface area contributed by atoms with Crippen molar-refractivity contribution < 1.29 is 68.1 Å². The molecule has 1 aliphatic rings. The van der Waals surface area contributed by atoms with Crippen LogP contribution in [0.5, 0.6) is 5.75 Å². The number of aromatic nitrogens is 2. The highest BCUT2D eigenvalue weighted by Gasteiger charge is 2.40. The molecule has 28 heteroatoms. The molecule has 0 radical (unpaired) electrons. The average molecular weight is 1270 g/mol.